The van der Waals surface area contributed by atoms with Crippen molar-refractivity contribution in [2.45, 2.75) is 13.8 Å². The standard InChI is InChI=1S/C8H9.Na.H2O/c1-7-5-3-4-6-8(7)2;;/h3-5H,1-2H3;;1H2/q-1;+1;. The molecule has 0 atom stereocenters. The van der Waals surface area contributed by atoms with E-state index in [1.165, 1.54) is 11.1 Å². The van der Waals surface area contributed by atoms with Crippen LogP contribution in [0.2, 0.25) is 0 Å². The number of aryl methyl sites for hydroxylation is 2. The third-order valence-corrected chi connectivity index (χ3v) is 1.33. The van der Waals surface area contributed by atoms with Crippen molar-refractivity contribution in [2.24, 2.45) is 0 Å². The fourth-order valence-electron chi connectivity index (χ4n) is 0.604. The molecule has 1 rings (SSSR count). The first-order valence-corrected chi connectivity index (χ1v) is 2.74. The van der Waals surface area contributed by atoms with Crippen LogP contribution in [0.4, 0.5) is 0 Å². The van der Waals surface area contributed by atoms with Crippen molar-refractivity contribution in [1.82, 2.24) is 0 Å². The van der Waals surface area contributed by atoms with Crippen LogP contribution >= 0.6 is 0 Å². The zero-order valence-corrected chi connectivity index (χ0v) is 8.73. The Morgan fingerprint density at radius 3 is 2.20 bits per heavy atom. The fraction of sp³-hybridized carbons (Fsp3) is 0.250. The van der Waals surface area contributed by atoms with Crippen molar-refractivity contribution in [3.05, 3.63) is 35.4 Å². The van der Waals surface area contributed by atoms with Crippen molar-refractivity contribution in [1.29, 1.82) is 0 Å². The summed E-state index contributed by atoms with van der Waals surface area (Å²) < 4.78 is 0. The van der Waals surface area contributed by atoms with Crippen molar-refractivity contribution in [3.63, 3.8) is 0 Å². The first-order valence-electron chi connectivity index (χ1n) is 2.74. The second kappa shape index (κ2) is 5.93. The molecule has 2 heteroatoms. The molecule has 0 bridgehead atoms. The van der Waals surface area contributed by atoms with Gasteiger partial charge in [0.25, 0.3) is 0 Å². The maximum absolute atomic E-state index is 3.10. The number of hydrogen-bond acceptors (Lipinski definition) is 0. The van der Waals surface area contributed by atoms with Crippen molar-refractivity contribution >= 4 is 0 Å². The van der Waals surface area contributed by atoms with Gasteiger partial charge in [-0.2, -0.15) is 35.4 Å². The van der Waals surface area contributed by atoms with Crippen molar-refractivity contribution in [3.8, 4) is 0 Å². The Balaban J connectivity index is 0. The summed E-state index contributed by atoms with van der Waals surface area (Å²) in [4.78, 5) is 0. The van der Waals surface area contributed by atoms with Gasteiger partial charge >= 0.3 is 29.6 Å². The summed E-state index contributed by atoms with van der Waals surface area (Å²) in [6.07, 6.45) is 0. The Morgan fingerprint density at radius 2 is 1.90 bits per heavy atom. The van der Waals surface area contributed by atoms with Crippen LogP contribution in [0.25, 0.3) is 0 Å². The van der Waals surface area contributed by atoms with Gasteiger partial charge in [-0.3, -0.25) is 0 Å². The summed E-state index contributed by atoms with van der Waals surface area (Å²) in [5.74, 6) is 0. The third kappa shape index (κ3) is 3.37. The van der Waals surface area contributed by atoms with E-state index in [4.69, 9.17) is 0 Å². The van der Waals surface area contributed by atoms with E-state index < -0.39 is 0 Å². The summed E-state index contributed by atoms with van der Waals surface area (Å²) in [6.45, 7) is 4.15. The number of hydrogen-bond donors (Lipinski definition) is 0. The Morgan fingerprint density at radius 1 is 1.30 bits per heavy atom. The molecule has 0 fully saturated rings. The SMILES string of the molecule is Cc1[c-]cccc1C.O.[Na+]. The molecule has 1 aromatic carbocycles. The molecule has 0 heterocycles. The monoisotopic (exact) mass is 146 g/mol. The number of rotatable bonds is 0. The molecule has 2 N–H and O–H groups in total. The molecule has 0 aliphatic heterocycles. The molecule has 1 aromatic rings. The average molecular weight is 146 g/mol. The van der Waals surface area contributed by atoms with Crippen LogP contribution in [0.3, 0.4) is 0 Å². The Hall–Kier alpha value is 0.180. The molecule has 10 heavy (non-hydrogen) atoms. The molecule has 0 amide bonds. The first-order chi connectivity index (χ1) is 3.80. The minimum Gasteiger partial charge on any atom is -0.412 e. The minimum absolute atomic E-state index is 0. The van der Waals surface area contributed by atoms with E-state index in [1.807, 2.05) is 12.1 Å². The second-order valence-electron chi connectivity index (χ2n) is 1.98. The number of benzene rings is 1. The molecule has 0 unspecified atom stereocenters. The van der Waals surface area contributed by atoms with Gasteiger partial charge in [0.1, 0.15) is 0 Å². The molecule has 0 saturated heterocycles. The smallest absolute Gasteiger partial charge is 0.412 e. The molecule has 0 radical (unpaired) electrons. The summed E-state index contributed by atoms with van der Waals surface area (Å²) in [7, 11) is 0. The fourth-order valence-corrected chi connectivity index (χ4v) is 0.604. The van der Waals surface area contributed by atoms with Gasteiger partial charge in [0.05, 0.1) is 0 Å². The van der Waals surface area contributed by atoms with Gasteiger partial charge in [0.15, 0.2) is 0 Å². The van der Waals surface area contributed by atoms with Gasteiger partial charge in [0.2, 0.25) is 0 Å². The van der Waals surface area contributed by atoms with Crippen LogP contribution in [0.5, 0.6) is 0 Å². The van der Waals surface area contributed by atoms with Gasteiger partial charge in [-0.25, -0.2) is 0 Å². The van der Waals surface area contributed by atoms with Crippen LogP contribution in [0, 0.1) is 19.9 Å². The molecule has 1 nitrogen and oxygen atoms in total. The summed E-state index contributed by atoms with van der Waals surface area (Å²) in [5, 5.41) is 0. The third-order valence-electron chi connectivity index (χ3n) is 1.33. The van der Waals surface area contributed by atoms with E-state index in [0.717, 1.165) is 0 Å². The average Bonchev–Trinajstić information content (AvgIpc) is 1.77. The van der Waals surface area contributed by atoms with E-state index >= 15 is 0 Å². The van der Waals surface area contributed by atoms with Crippen LogP contribution in [-0.2, 0) is 0 Å². The van der Waals surface area contributed by atoms with Gasteiger partial charge in [0, 0.05) is 0 Å². The Bertz CT molecular complexity index is 165. The van der Waals surface area contributed by atoms with E-state index in [1.54, 1.807) is 0 Å². The minimum atomic E-state index is 0. The molecule has 0 aliphatic carbocycles. The Kier molecular flexibility index (Phi) is 7.60. The van der Waals surface area contributed by atoms with Gasteiger partial charge < -0.3 is 5.48 Å². The van der Waals surface area contributed by atoms with Crippen LogP contribution < -0.4 is 29.6 Å². The van der Waals surface area contributed by atoms with Gasteiger partial charge in [-0.15, -0.1) is 0 Å². The van der Waals surface area contributed by atoms with Gasteiger partial charge in [-0.05, 0) is 0 Å². The van der Waals surface area contributed by atoms with Crippen molar-refractivity contribution < 1.29 is 35.0 Å². The first kappa shape index (κ1) is 12.8. The summed E-state index contributed by atoms with van der Waals surface area (Å²) >= 11 is 0. The van der Waals surface area contributed by atoms with E-state index in [9.17, 15) is 0 Å². The predicted molar refractivity (Wildman–Crippen MR) is 38.4 cm³/mol. The Labute approximate surface area is 84.1 Å². The van der Waals surface area contributed by atoms with Crippen LogP contribution in [0.15, 0.2) is 18.2 Å². The van der Waals surface area contributed by atoms with E-state index in [0.29, 0.717) is 0 Å². The maximum atomic E-state index is 3.10. The largest absolute Gasteiger partial charge is 1.00 e. The summed E-state index contributed by atoms with van der Waals surface area (Å²) in [5.41, 5.74) is 2.56. The van der Waals surface area contributed by atoms with Crippen LogP contribution in [-0.4, -0.2) is 5.48 Å². The van der Waals surface area contributed by atoms with E-state index in [-0.39, 0.29) is 35.0 Å². The topological polar surface area (TPSA) is 31.5 Å². The molecular formula is C8H11NaO. The molecule has 0 aliphatic rings. The summed E-state index contributed by atoms with van der Waals surface area (Å²) in [6, 6.07) is 9.12. The van der Waals surface area contributed by atoms with Crippen LogP contribution in [0.1, 0.15) is 11.1 Å². The zero-order valence-electron chi connectivity index (χ0n) is 6.73. The normalized spacial score (nSPS) is 7.40. The predicted octanol–water partition coefficient (Wildman–Crippen LogP) is -1.72. The van der Waals surface area contributed by atoms with Gasteiger partial charge in [-0.1, -0.05) is 13.8 Å². The molecular weight excluding hydrogens is 135 g/mol. The molecule has 0 spiro atoms. The molecule has 0 saturated carbocycles. The van der Waals surface area contributed by atoms with Crippen molar-refractivity contribution in [2.75, 3.05) is 0 Å². The second-order valence-corrected chi connectivity index (χ2v) is 1.98. The molecule has 50 valence electrons. The quantitative estimate of drug-likeness (QED) is 0.308. The van der Waals surface area contributed by atoms with E-state index in [2.05, 4.69) is 26.0 Å². The maximum Gasteiger partial charge on any atom is 1.00 e. The zero-order chi connectivity index (χ0) is 5.98. The molecule has 0 aromatic heterocycles.